The predicted molar refractivity (Wildman–Crippen MR) is 92.1 cm³/mol. The van der Waals surface area contributed by atoms with Crippen LogP contribution in [0.4, 0.5) is 0 Å². The lowest BCUT2D eigenvalue weighted by Gasteiger charge is -2.10. The van der Waals surface area contributed by atoms with Gasteiger partial charge in [-0.05, 0) is 44.0 Å². The lowest BCUT2D eigenvalue weighted by atomic mass is 10.1. The fourth-order valence-electron chi connectivity index (χ4n) is 2.12. The molecule has 0 fully saturated rings. The summed E-state index contributed by atoms with van der Waals surface area (Å²) in [5, 5.41) is 0. The van der Waals surface area contributed by atoms with Gasteiger partial charge in [0.2, 0.25) is 10.0 Å². The summed E-state index contributed by atoms with van der Waals surface area (Å²) in [4.78, 5) is 11.9. The molecule has 2 aromatic carbocycles. The zero-order valence-electron chi connectivity index (χ0n) is 14.0. The number of nitrogens with one attached hydrogen (secondary N) is 1. The minimum atomic E-state index is -3.72. The van der Waals surface area contributed by atoms with Crippen LogP contribution >= 0.6 is 0 Å². The van der Waals surface area contributed by atoms with Crippen molar-refractivity contribution in [3.63, 3.8) is 0 Å². The largest absolute Gasteiger partial charge is 0.460 e. The van der Waals surface area contributed by atoms with E-state index < -0.39 is 22.5 Å². The molecule has 128 valence electrons. The molecule has 2 rings (SSSR count). The van der Waals surface area contributed by atoms with Crippen molar-refractivity contribution < 1.29 is 17.9 Å². The van der Waals surface area contributed by atoms with Crippen LogP contribution in [-0.2, 0) is 26.2 Å². The molecule has 1 N–H and O–H groups in total. The van der Waals surface area contributed by atoms with E-state index in [2.05, 4.69) is 4.72 Å². The summed E-state index contributed by atoms with van der Waals surface area (Å²) < 4.78 is 31.6. The Labute approximate surface area is 142 Å². The molecule has 0 unspecified atom stereocenters. The third kappa shape index (κ3) is 4.91. The van der Waals surface area contributed by atoms with Crippen molar-refractivity contribution in [1.82, 2.24) is 4.72 Å². The van der Waals surface area contributed by atoms with Gasteiger partial charge in [0.1, 0.15) is 13.2 Å². The van der Waals surface area contributed by atoms with Crippen molar-refractivity contribution in [1.29, 1.82) is 0 Å². The normalized spacial score (nSPS) is 11.3. The summed E-state index contributed by atoms with van der Waals surface area (Å²) in [5.74, 6) is -0.619. The third-order valence-electron chi connectivity index (χ3n) is 3.63. The van der Waals surface area contributed by atoms with E-state index in [9.17, 15) is 13.2 Å². The molecule has 2 aromatic rings. The van der Waals surface area contributed by atoms with Crippen LogP contribution in [0.25, 0.3) is 0 Å². The van der Waals surface area contributed by atoms with Gasteiger partial charge in [0.05, 0.1) is 4.90 Å². The van der Waals surface area contributed by atoms with E-state index in [0.717, 1.165) is 22.3 Å². The maximum Gasteiger partial charge on any atom is 0.321 e. The van der Waals surface area contributed by atoms with E-state index in [4.69, 9.17) is 4.74 Å². The lowest BCUT2D eigenvalue weighted by molar-refractivity contribution is -0.143. The highest BCUT2D eigenvalue weighted by atomic mass is 32.2. The van der Waals surface area contributed by atoms with E-state index in [1.54, 1.807) is 12.1 Å². The first-order chi connectivity index (χ1) is 11.3. The minimum Gasteiger partial charge on any atom is -0.460 e. The molecule has 0 aliphatic rings. The fraction of sp³-hybridized carbons (Fsp3) is 0.278. The fourth-order valence-corrected chi connectivity index (χ4v) is 3.09. The number of hydrogen-bond acceptors (Lipinski definition) is 4. The molecule has 0 aromatic heterocycles. The van der Waals surface area contributed by atoms with Crippen LogP contribution in [0.5, 0.6) is 0 Å². The Morgan fingerprint density at radius 2 is 1.62 bits per heavy atom. The summed E-state index contributed by atoms with van der Waals surface area (Å²) in [6.45, 7) is 5.48. The number of sulfonamides is 1. The maximum atomic E-state index is 12.1. The molecule has 0 saturated heterocycles. The van der Waals surface area contributed by atoms with E-state index in [-0.39, 0.29) is 11.5 Å². The Balaban J connectivity index is 1.91. The second-order valence-corrected chi connectivity index (χ2v) is 7.50. The molecule has 0 atom stereocenters. The zero-order chi connectivity index (χ0) is 17.7. The van der Waals surface area contributed by atoms with Gasteiger partial charge in [-0.3, -0.25) is 4.79 Å². The number of aryl methyl sites for hydroxylation is 3. The summed E-state index contributed by atoms with van der Waals surface area (Å²) in [7, 11) is -3.72. The molecule has 0 radical (unpaired) electrons. The SMILES string of the molecule is Cc1ccc(S(=O)(=O)NCC(=O)OCc2cc(C)ccc2C)cc1. The van der Waals surface area contributed by atoms with Gasteiger partial charge in [-0.15, -0.1) is 0 Å². The zero-order valence-corrected chi connectivity index (χ0v) is 14.8. The Hall–Kier alpha value is -2.18. The summed E-state index contributed by atoms with van der Waals surface area (Å²) >= 11 is 0. The first-order valence-electron chi connectivity index (χ1n) is 7.56. The predicted octanol–water partition coefficient (Wildman–Crippen LogP) is 2.63. The summed E-state index contributed by atoms with van der Waals surface area (Å²) in [6.07, 6.45) is 0. The monoisotopic (exact) mass is 347 g/mol. The second-order valence-electron chi connectivity index (χ2n) is 5.73. The van der Waals surface area contributed by atoms with Crippen LogP contribution in [0.3, 0.4) is 0 Å². The van der Waals surface area contributed by atoms with Crippen LogP contribution in [0.2, 0.25) is 0 Å². The minimum absolute atomic E-state index is 0.121. The second kappa shape index (κ2) is 7.59. The first kappa shape index (κ1) is 18.2. The molecule has 6 heteroatoms. The number of ether oxygens (including phenoxy) is 1. The highest BCUT2D eigenvalue weighted by Crippen LogP contribution is 2.12. The smallest absolute Gasteiger partial charge is 0.321 e. The van der Waals surface area contributed by atoms with Crippen LogP contribution in [0.1, 0.15) is 22.3 Å². The lowest BCUT2D eigenvalue weighted by Crippen LogP contribution is -2.30. The topological polar surface area (TPSA) is 72.5 Å². The molecule has 0 aliphatic carbocycles. The third-order valence-corrected chi connectivity index (χ3v) is 5.05. The Bertz CT molecular complexity index is 827. The molecule has 0 spiro atoms. The van der Waals surface area contributed by atoms with Gasteiger partial charge in [-0.1, -0.05) is 41.5 Å². The Morgan fingerprint density at radius 3 is 2.29 bits per heavy atom. The number of rotatable bonds is 6. The highest BCUT2D eigenvalue weighted by molar-refractivity contribution is 7.89. The van der Waals surface area contributed by atoms with Crippen LogP contribution in [0.15, 0.2) is 47.4 Å². The van der Waals surface area contributed by atoms with Crippen LogP contribution in [0, 0.1) is 20.8 Å². The number of carbonyl (C=O) groups is 1. The van der Waals surface area contributed by atoms with Crippen molar-refractivity contribution >= 4 is 16.0 Å². The molecule has 0 aliphatic heterocycles. The molecular formula is C18H21NO4S. The molecule has 24 heavy (non-hydrogen) atoms. The maximum absolute atomic E-state index is 12.1. The van der Waals surface area contributed by atoms with Gasteiger partial charge in [-0.2, -0.15) is 4.72 Å². The van der Waals surface area contributed by atoms with Crippen molar-refractivity contribution in [2.24, 2.45) is 0 Å². The molecule has 0 bridgehead atoms. The molecule has 5 nitrogen and oxygen atoms in total. The summed E-state index contributed by atoms with van der Waals surface area (Å²) in [6, 6.07) is 12.3. The average Bonchev–Trinajstić information content (AvgIpc) is 2.54. The van der Waals surface area contributed by atoms with Gasteiger partial charge in [0.15, 0.2) is 0 Å². The van der Waals surface area contributed by atoms with Crippen LogP contribution < -0.4 is 4.72 Å². The van der Waals surface area contributed by atoms with E-state index >= 15 is 0 Å². The number of carbonyl (C=O) groups excluding carboxylic acids is 1. The van der Waals surface area contributed by atoms with Gasteiger partial charge < -0.3 is 4.74 Å². The van der Waals surface area contributed by atoms with Gasteiger partial charge >= 0.3 is 5.97 Å². The molecular weight excluding hydrogens is 326 g/mol. The van der Waals surface area contributed by atoms with E-state index in [1.807, 2.05) is 39.0 Å². The van der Waals surface area contributed by atoms with Gasteiger partial charge in [0.25, 0.3) is 0 Å². The van der Waals surface area contributed by atoms with Crippen molar-refractivity contribution in [3.05, 3.63) is 64.7 Å². The quantitative estimate of drug-likeness (QED) is 0.816. The highest BCUT2D eigenvalue weighted by Gasteiger charge is 2.16. The van der Waals surface area contributed by atoms with Crippen molar-refractivity contribution in [2.45, 2.75) is 32.3 Å². The van der Waals surface area contributed by atoms with Gasteiger partial charge in [0, 0.05) is 0 Å². The first-order valence-corrected chi connectivity index (χ1v) is 9.04. The summed E-state index contributed by atoms with van der Waals surface area (Å²) in [5.41, 5.74) is 3.96. The van der Waals surface area contributed by atoms with E-state index in [1.165, 1.54) is 12.1 Å². The van der Waals surface area contributed by atoms with E-state index in [0.29, 0.717) is 0 Å². The number of esters is 1. The van der Waals surface area contributed by atoms with Gasteiger partial charge in [-0.25, -0.2) is 8.42 Å². The Morgan fingerprint density at radius 1 is 1.00 bits per heavy atom. The van der Waals surface area contributed by atoms with Crippen molar-refractivity contribution in [3.8, 4) is 0 Å². The number of benzene rings is 2. The number of hydrogen-bond donors (Lipinski definition) is 1. The van der Waals surface area contributed by atoms with Crippen molar-refractivity contribution in [2.75, 3.05) is 6.54 Å². The standard InChI is InChI=1S/C18H21NO4S/c1-13-5-8-17(9-6-13)24(21,22)19-11-18(20)23-12-16-10-14(2)4-7-15(16)3/h4-10,19H,11-12H2,1-3H3. The van der Waals surface area contributed by atoms with Crippen LogP contribution in [-0.4, -0.2) is 20.9 Å². The molecule has 0 heterocycles. The molecule has 0 amide bonds. The Kier molecular flexibility index (Phi) is 5.75. The average molecular weight is 347 g/mol. The molecule has 0 saturated carbocycles.